The molecule has 0 atom stereocenters. The predicted octanol–water partition coefficient (Wildman–Crippen LogP) is 4.51. The molecule has 0 saturated heterocycles. The monoisotopic (exact) mass is 448 g/mol. The number of aromatic amines is 1. The molecule has 4 rings (SSSR count). The molecule has 164 valence electrons. The first-order valence-electron chi connectivity index (χ1n) is 10.4. The van der Waals surface area contributed by atoms with Crippen molar-refractivity contribution in [2.24, 2.45) is 0 Å². The maximum absolute atomic E-state index is 12.7. The lowest BCUT2D eigenvalue weighted by Gasteiger charge is -2.18. The van der Waals surface area contributed by atoms with E-state index in [-0.39, 0.29) is 16.4 Å². The van der Waals surface area contributed by atoms with E-state index in [1.165, 1.54) is 16.4 Å². The highest BCUT2D eigenvalue weighted by molar-refractivity contribution is 7.89. The van der Waals surface area contributed by atoms with Gasteiger partial charge >= 0.3 is 0 Å². The minimum atomic E-state index is -3.63. The van der Waals surface area contributed by atoms with Crippen molar-refractivity contribution in [2.75, 3.05) is 18.4 Å². The van der Waals surface area contributed by atoms with E-state index in [0.29, 0.717) is 18.8 Å². The van der Waals surface area contributed by atoms with Crippen molar-refractivity contribution in [3.05, 3.63) is 78.4 Å². The van der Waals surface area contributed by atoms with E-state index < -0.39 is 10.0 Å². The van der Waals surface area contributed by atoms with E-state index in [1.54, 1.807) is 38.1 Å². The van der Waals surface area contributed by atoms with Crippen molar-refractivity contribution in [3.8, 4) is 11.4 Å². The Kier molecular flexibility index (Phi) is 6.07. The summed E-state index contributed by atoms with van der Waals surface area (Å²) in [5, 5.41) is 2.82. The minimum absolute atomic E-state index is 0.106. The van der Waals surface area contributed by atoms with Gasteiger partial charge in [-0.1, -0.05) is 32.0 Å². The number of anilines is 1. The Bertz CT molecular complexity index is 1320. The molecular formula is C24H24N4O3S. The third-order valence-corrected chi connectivity index (χ3v) is 7.29. The minimum Gasteiger partial charge on any atom is -0.338 e. The lowest BCUT2D eigenvalue weighted by Crippen LogP contribution is -2.30. The molecule has 8 heteroatoms. The summed E-state index contributed by atoms with van der Waals surface area (Å²) in [5.41, 5.74) is 3.62. The van der Waals surface area contributed by atoms with Gasteiger partial charge in [-0.25, -0.2) is 13.4 Å². The zero-order valence-corrected chi connectivity index (χ0v) is 18.7. The summed E-state index contributed by atoms with van der Waals surface area (Å²) >= 11 is 0. The smallest absolute Gasteiger partial charge is 0.255 e. The SMILES string of the molecule is CCN(CC)S(=O)(=O)c1cccc(C(=O)Nc2ccc(-c3nc4ccccc4[nH]3)cc2)c1. The first-order valence-corrected chi connectivity index (χ1v) is 11.8. The van der Waals surface area contributed by atoms with Crippen LogP contribution in [0.2, 0.25) is 0 Å². The van der Waals surface area contributed by atoms with Crippen molar-refractivity contribution in [2.45, 2.75) is 18.7 Å². The van der Waals surface area contributed by atoms with E-state index >= 15 is 0 Å². The van der Waals surface area contributed by atoms with Crippen molar-refractivity contribution >= 4 is 32.7 Å². The number of amides is 1. The first-order chi connectivity index (χ1) is 15.4. The summed E-state index contributed by atoms with van der Waals surface area (Å²) in [5.74, 6) is 0.372. The van der Waals surface area contributed by atoms with Crippen molar-refractivity contribution in [1.82, 2.24) is 14.3 Å². The highest BCUT2D eigenvalue weighted by Crippen LogP contribution is 2.23. The molecular weight excluding hydrogens is 424 g/mol. The molecule has 1 amide bonds. The Hall–Kier alpha value is -3.49. The number of aromatic nitrogens is 2. The molecule has 0 saturated carbocycles. The fourth-order valence-electron chi connectivity index (χ4n) is 3.51. The van der Waals surface area contributed by atoms with E-state index in [4.69, 9.17) is 0 Å². The summed E-state index contributed by atoms with van der Waals surface area (Å²) in [4.78, 5) is 20.7. The summed E-state index contributed by atoms with van der Waals surface area (Å²) in [6.07, 6.45) is 0. The Balaban J connectivity index is 1.52. The molecule has 1 heterocycles. The van der Waals surface area contributed by atoms with Crippen molar-refractivity contribution < 1.29 is 13.2 Å². The zero-order chi connectivity index (χ0) is 22.7. The number of hydrogen-bond donors (Lipinski definition) is 2. The van der Waals surface area contributed by atoms with Gasteiger partial charge in [0.2, 0.25) is 10.0 Å². The quantitative estimate of drug-likeness (QED) is 0.435. The second-order valence-corrected chi connectivity index (χ2v) is 9.19. The van der Waals surface area contributed by atoms with Crippen LogP contribution in [-0.2, 0) is 10.0 Å². The number of carbonyl (C=O) groups is 1. The van der Waals surface area contributed by atoms with Crippen LogP contribution in [0.4, 0.5) is 5.69 Å². The Morgan fingerprint density at radius 1 is 0.969 bits per heavy atom. The molecule has 1 aromatic heterocycles. The second-order valence-electron chi connectivity index (χ2n) is 7.25. The van der Waals surface area contributed by atoms with Gasteiger partial charge in [0.25, 0.3) is 5.91 Å². The molecule has 0 bridgehead atoms. The average Bonchev–Trinajstić information content (AvgIpc) is 3.24. The van der Waals surface area contributed by atoms with Gasteiger partial charge in [0.15, 0.2) is 0 Å². The van der Waals surface area contributed by atoms with Crippen LogP contribution < -0.4 is 5.32 Å². The van der Waals surface area contributed by atoms with Gasteiger partial charge < -0.3 is 10.3 Å². The van der Waals surface area contributed by atoms with Crippen LogP contribution in [-0.4, -0.2) is 41.7 Å². The van der Waals surface area contributed by atoms with E-state index in [9.17, 15) is 13.2 Å². The van der Waals surface area contributed by atoms with E-state index in [0.717, 1.165) is 22.4 Å². The first kappa shape index (κ1) is 21.7. The summed E-state index contributed by atoms with van der Waals surface area (Å²) < 4.78 is 26.9. The molecule has 0 aliphatic rings. The highest BCUT2D eigenvalue weighted by atomic mass is 32.2. The topological polar surface area (TPSA) is 95.2 Å². The van der Waals surface area contributed by atoms with Crippen LogP contribution in [0, 0.1) is 0 Å². The van der Waals surface area contributed by atoms with E-state index in [1.807, 2.05) is 36.4 Å². The van der Waals surface area contributed by atoms with Gasteiger partial charge in [0.1, 0.15) is 5.82 Å². The Morgan fingerprint density at radius 3 is 2.38 bits per heavy atom. The molecule has 7 nitrogen and oxygen atoms in total. The maximum Gasteiger partial charge on any atom is 0.255 e. The van der Waals surface area contributed by atoms with Crippen molar-refractivity contribution in [1.29, 1.82) is 0 Å². The van der Waals surface area contributed by atoms with Crippen LogP contribution >= 0.6 is 0 Å². The molecule has 0 fully saturated rings. The fourth-order valence-corrected chi connectivity index (χ4v) is 5.02. The molecule has 4 aromatic rings. The summed E-state index contributed by atoms with van der Waals surface area (Å²) in [6.45, 7) is 4.30. The number of sulfonamides is 1. The number of benzene rings is 3. The number of fused-ring (bicyclic) bond motifs is 1. The predicted molar refractivity (Wildman–Crippen MR) is 126 cm³/mol. The van der Waals surface area contributed by atoms with Crippen LogP contribution in [0.3, 0.4) is 0 Å². The maximum atomic E-state index is 12.7. The molecule has 0 aliphatic heterocycles. The van der Waals surface area contributed by atoms with Crippen LogP contribution in [0.15, 0.2) is 77.7 Å². The van der Waals surface area contributed by atoms with Gasteiger partial charge in [-0.05, 0) is 54.6 Å². The largest absolute Gasteiger partial charge is 0.338 e. The summed E-state index contributed by atoms with van der Waals surface area (Å²) in [6, 6.07) is 21.2. The van der Waals surface area contributed by atoms with Crippen molar-refractivity contribution in [3.63, 3.8) is 0 Å². The molecule has 0 aliphatic carbocycles. The fraction of sp³-hybridized carbons (Fsp3) is 0.167. The third kappa shape index (κ3) is 4.28. The van der Waals surface area contributed by atoms with Gasteiger partial charge in [-0.3, -0.25) is 4.79 Å². The van der Waals surface area contributed by atoms with Crippen LogP contribution in [0.5, 0.6) is 0 Å². The van der Waals surface area contributed by atoms with E-state index in [2.05, 4.69) is 15.3 Å². The normalized spacial score (nSPS) is 11.7. The molecule has 32 heavy (non-hydrogen) atoms. The second kappa shape index (κ2) is 8.94. The number of nitrogens with one attached hydrogen (secondary N) is 2. The van der Waals surface area contributed by atoms with Crippen LogP contribution in [0.25, 0.3) is 22.4 Å². The molecule has 0 unspecified atom stereocenters. The number of carbonyl (C=O) groups excluding carboxylic acids is 1. The molecule has 2 N–H and O–H groups in total. The molecule has 3 aromatic carbocycles. The van der Waals surface area contributed by atoms with Gasteiger partial charge in [-0.2, -0.15) is 4.31 Å². The number of para-hydroxylation sites is 2. The number of imidazole rings is 1. The van der Waals surface area contributed by atoms with Gasteiger partial charge in [-0.15, -0.1) is 0 Å². The zero-order valence-electron chi connectivity index (χ0n) is 17.9. The van der Waals surface area contributed by atoms with Gasteiger partial charge in [0, 0.05) is 29.9 Å². The number of nitrogens with zero attached hydrogens (tertiary/aromatic N) is 2. The number of H-pyrrole nitrogens is 1. The summed E-state index contributed by atoms with van der Waals surface area (Å²) in [7, 11) is -3.63. The van der Waals surface area contributed by atoms with Crippen LogP contribution in [0.1, 0.15) is 24.2 Å². The molecule has 0 radical (unpaired) electrons. The van der Waals surface area contributed by atoms with Gasteiger partial charge in [0.05, 0.1) is 15.9 Å². The standard InChI is InChI=1S/C24H24N4O3S/c1-3-28(4-2)32(30,31)20-9-7-8-18(16-20)24(29)25-19-14-12-17(13-15-19)23-26-21-10-5-6-11-22(21)27-23/h5-16H,3-4H2,1-2H3,(H,25,29)(H,26,27). The highest BCUT2D eigenvalue weighted by Gasteiger charge is 2.22. The number of rotatable bonds is 7. The average molecular weight is 449 g/mol. The lowest BCUT2D eigenvalue weighted by molar-refractivity contribution is 0.102. The molecule has 0 spiro atoms. The Labute approximate surface area is 187 Å². The lowest BCUT2D eigenvalue weighted by atomic mass is 10.1. The Morgan fingerprint density at radius 2 is 1.69 bits per heavy atom. The third-order valence-electron chi connectivity index (χ3n) is 5.24. The number of hydrogen-bond acceptors (Lipinski definition) is 4.